The normalized spacial score (nSPS) is 18.1. The molecule has 88 valence electrons. The van der Waals surface area contributed by atoms with Gasteiger partial charge in [-0.2, -0.15) is 5.10 Å². The van der Waals surface area contributed by atoms with Gasteiger partial charge in [0.25, 0.3) is 0 Å². The minimum atomic E-state index is 0.422. The van der Waals surface area contributed by atoms with Crippen molar-refractivity contribution in [1.29, 1.82) is 0 Å². The summed E-state index contributed by atoms with van der Waals surface area (Å²) in [6, 6.07) is 0.422. The number of aromatic nitrogens is 2. The van der Waals surface area contributed by atoms with E-state index in [0.717, 1.165) is 17.1 Å². The Kier molecular flexibility index (Phi) is 3.24. The van der Waals surface area contributed by atoms with Crippen LogP contribution in [0.1, 0.15) is 36.9 Å². The highest BCUT2D eigenvalue weighted by molar-refractivity contribution is 5.99. The van der Waals surface area contributed by atoms with E-state index in [1.807, 2.05) is 24.9 Å². The van der Waals surface area contributed by atoms with Crippen LogP contribution in [-0.4, -0.2) is 21.7 Å². The third kappa shape index (κ3) is 2.09. The summed E-state index contributed by atoms with van der Waals surface area (Å²) in [5, 5.41) is 4.20. The number of nitrogens with two attached hydrogens (primary N) is 1. The van der Waals surface area contributed by atoms with Crippen LogP contribution in [0.2, 0.25) is 0 Å². The number of amidine groups is 1. The van der Waals surface area contributed by atoms with Crippen LogP contribution < -0.4 is 11.3 Å². The monoisotopic (exact) mass is 221 g/mol. The molecule has 3 N–H and O–H groups in total. The van der Waals surface area contributed by atoms with E-state index in [1.54, 1.807) is 0 Å². The summed E-state index contributed by atoms with van der Waals surface area (Å²) >= 11 is 0. The van der Waals surface area contributed by atoms with Crippen LogP contribution >= 0.6 is 0 Å². The van der Waals surface area contributed by atoms with E-state index in [4.69, 9.17) is 5.84 Å². The van der Waals surface area contributed by atoms with Crippen molar-refractivity contribution in [1.82, 2.24) is 15.2 Å². The van der Waals surface area contributed by atoms with Crippen molar-refractivity contribution in [3.63, 3.8) is 0 Å². The zero-order chi connectivity index (χ0) is 11.5. The van der Waals surface area contributed by atoms with Gasteiger partial charge in [0.2, 0.25) is 0 Å². The Morgan fingerprint density at radius 1 is 1.56 bits per heavy atom. The fraction of sp³-hybridized carbons (Fsp3) is 0.636. The van der Waals surface area contributed by atoms with Gasteiger partial charge >= 0.3 is 0 Å². The van der Waals surface area contributed by atoms with Crippen molar-refractivity contribution < 1.29 is 0 Å². The van der Waals surface area contributed by atoms with Crippen LogP contribution in [0.3, 0.4) is 0 Å². The number of nitrogens with zero attached hydrogens (tertiary/aromatic N) is 3. The molecule has 5 nitrogen and oxygen atoms in total. The maximum Gasteiger partial charge on any atom is 0.146 e. The molecule has 1 aliphatic carbocycles. The van der Waals surface area contributed by atoms with Gasteiger partial charge in [0, 0.05) is 12.7 Å². The summed E-state index contributed by atoms with van der Waals surface area (Å²) in [5.41, 5.74) is 4.77. The zero-order valence-electron chi connectivity index (χ0n) is 9.90. The molecule has 0 amide bonds. The van der Waals surface area contributed by atoms with Crippen molar-refractivity contribution in [2.45, 2.75) is 38.6 Å². The minimum absolute atomic E-state index is 0.422. The number of aliphatic imine (C=N–C) groups is 1. The first kappa shape index (κ1) is 11.1. The lowest BCUT2D eigenvalue weighted by molar-refractivity contribution is 0.700. The molecule has 0 aromatic carbocycles. The molecule has 0 bridgehead atoms. The molecular formula is C11H19N5. The van der Waals surface area contributed by atoms with E-state index in [-0.39, 0.29) is 0 Å². The van der Waals surface area contributed by atoms with Gasteiger partial charge in [0.05, 0.1) is 17.8 Å². The van der Waals surface area contributed by atoms with E-state index in [9.17, 15) is 0 Å². The highest BCUT2D eigenvalue weighted by Gasteiger charge is 2.16. The average Bonchev–Trinajstić information content (AvgIpc) is 2.88. The summed E-state index contributed by atoms with van der Waals surface area (Å²) in [7, 11) is 1.92. The second kappa shape index (κ2) is 4.65. The van der Waals surface area contributed by atoms with Crippen molar-refractivity contribution in [3.8, 4) is 0 Å². The number of hydrogen-bond donors (Lipinski definition) is 2. The Hall–Kier alpha value is -1.36. The molecule has 0 saturated heterocycles. The molecule has 0 unspecified atom stereocenters. The Morgan fingerprint density at radius 3 is 2.75 bits per heavy atom. The molecule has 1 aromatic rings. The van der Waals surface area contributed by atoms with Crippen molar-refractivity contribution in [3.05, 3.63) is 17.5 Å². The van der Waals surface area contributed by atoms with Crippen LogP contribution in [0.5, 0.6) is 0 Å². The first-order chi connectivity index (χ1) is 7.72. The number of hydrazine groups is 1. The molecule has 1 aliphatic rings. The zero-order valence-corrected chi connectivity index (χ0v) is 9.90. The molecule has 1 aromatic heterocycles. The van der Waals surface area contributed by atoms with Crippen LogP contribution in [0.4, 0.5) is 0 Å². The summed E-state index contributed by atoms with van der Waals surface area (Å²) in [6.07, 6.45) is 6.70. The van der Waals surface area contributed by atoms with Crippen LogP contribution in [0.15, 0.2) is 11.2 Å². The smallest absolute Gasteiger partial charge is 0.146 e. The van der Waals surface area contributed by atoms with E-state index in [1.165, 1.54) is 25.7 Å². The molecule has 0 atom stereocenters. The second-order valence-corrected chi connectivity index (χ2v) is 4.33. The molecule has 0 radical (unpaired) electrons. The molecule has 2 rings (SSSR count). The lowest BCUT2D eigenvalue weighted by Crippen LogP contribution is -2.32. The van der Waals surface area contributed by atoms with Gasteiger partial charge in [-0.1, -0.05) is 12.8 Å². The summed E-state index contributed by atoms with van der Waals surface area (Å²) in [4.78, 5) is 4.67. The molecule has 1 heterocycles. The van der Waals surface area contributed by atoms with Gasteiger partial charge in [0.1, 0.15) is 5.84 Å². The minimum Gasteiger partial charge on any atom is -0.308 e. The fourth-order valence-corrected chi connectivity index (χ4v) is 2.13. The van der Waals surface area contributed by atoms with Crippen LogP contribution in [0.25, 0.3) is 0 Å². The maximum atomic E-state index is 5.54. The van der Waals surface area contributed by atoms with E-state index in [0.29, 0.717) is 6.04 Å². The van der Waals surface area contributed by atoms with Gasteiger partial charge < -0.3 is 5.43 Å². The molecule has 1 saturated carbocycles. The predicted molar refractivity (Wildman–Crippen MR) is 64.1 cm³/mol. The molecular weight excluding hydrogens is 202 g/mol. The Morgan fingerprint density at radius 2 is 2.25 bits per heavy atom. The lowest BCUT2D eigenvalue weighted by atomic mass is 10.2. The molecule has 5 heteroatoms. The maximum absolute atomic E-state index is 5.54. The van der Waals surface area contributed by atoms with E-state index >= 15 is 0 Å². The number of hydrogen-bond acceptors (Lipinski definition) is 3. The predicted octanol–water partition coefficient (Wildman–Crippen LogP) is 0.881. The van der Waals surface area contributed by atoms with Crippen LogP contribution in [-0.2, 0) is 7.05 Å². The van der Waals surface area contributed by atoms with Gasteiger partial charge in [-0.05, 0) is 19.8 Å². The Labute approximate surface area is 95.7 Å². The SMILES string of the molecule is Cc1c(C(=NC2CCCC2)NN)cnn1C. The topological polar surface area (TPSA) is 68.2 Å². The number of aryl methyl sites for hydroxylation is 1. The number of rotatable bonds is 2. The molecule has 0 spiro atoms. The molecule has 1 fully saturated rings. The van der Waals surface area contributed by atoms with Crippen molar-refractivity contribution in [2.24, 2.45) is 17.9 Å². The van der Waals surface area contributed by atoms with Gasteiger partial charge in [-0.25, -0.2) is 5.84 Å². The van der Waals surface area contributed by atoms with Gasteiger partial charge in [-0.15, -0.1) is 0 Å². The molecule has 16 heavy (non-hydrogen) atoms. The van der Waals surface area contributed by atoms with Crippen molar-refractivity contribution >= 4 is 5.84 Å². The largest absolute Gasteiger partial charge is 0.308 e. The van der Waals surface area contributed by atoms with Gasteiger partial charge in [0.15, 0.2) is 0 Å². The van der Waals surface area contributed by atoms with Crippen molar-refractivity contribution in [2.75, 3.05) is 0 Å². The van der Waals surface area contributed by atoms with Crippen LogP contribution in [0, 0.1) is 6.92 Å². The third-order valence-electron chi connectivity index (χ3n) is 3.26. The third-order valence-corrected chi connectivity index (χ3v) is 3.26. The summed E-state index contributed by atoms with van der Waals surface area (Å²) < 4.78 is 1.83. The quantitative estimate of drug-likeness (QED) is 0.337. The average molecular weight is 221 g/mol. The Bertz CT molecular complexity index is 387. The standard InChI is InChI=1S/C11H19N5/c1-8-10(7-13-16(8)2)11(15-12)14-9-5-3-4-6-9/h7,9H,3-6,12H2,1-2H3,(H,14,15). The fourth-order valence-electron chi connectivity index (χ4n) is 2.13. The summed E-state index contributed by atoms with van der Waals surface area (Å²) in [6.45, 7) is 2.02. The Balaban J connectivity index is 2.24. The highest BCUT2D eigenvalue weighted by atomic mass is 15.3. The van der Waals surface area contributed by atoms with Gasteiger partial charge in [-0.3, -0.25) is 9.67 Å². The second-order valence-electron chi connectivity index (χ2n) is 4.33. The molecule has 0 aliphatic heterocycles. The van der Waals surface area contributed by atoms with E-state index in [2.05, 4.69) is 15.5 Å². The first-order valence-corrected chi connectivity index (χ1v) is 5.75. The summed E-state index contributed by atoms with van der Waals surface area (Å²) in [5.74, 6) is 6.30. The first-order valence-electron chi connectivity index (χ1n) is 5.75. The van der Waals surface area contributed by atoms with E-state index < -0.39 is 0 Å². The number of nitrogens with one attached hydrogen (secondary N) is 1. The highest BCUT2D eigenvalue weighted by Crippen LogP contribution is 2.21. The lowest BCUT2D eigenvalue weighted by Gasteiger charge is -2.08.